The standard InChI is InChI=1S/C18H29N3O/c1-15(2)18-4-3-17(13-19-18)21-7-5-16(6-8-21)14-20-9-11-22-12-10-20/h3-4,13,15-16H,5-12,14H2,1-2H3. The number of anilines is 1. The van der Waals surface area contributed by atoms with Crippen LogP contribution in [0, 0.1) is 5.92 Å². The number of piperidine rings is 1. The van der Waals surface area contributed by atoms with Gasteiger partial charge in [-0.2, -0.15) is 0 Å². The predicted octanol–water partition coefficient (Wildman–Crippen LogP) is 2.75. The highest BCUT2D eigenvalue weighted by Crippen LogP contribution is 2.24. The van der Waals surface area contributed by atoms with Gasteiger partial charge in [0.2, 0.25) is 0 Å². The summed E-state index contributed by atoms with van der Waals surface area (Å²) in [5, 5.41) is 0. The molecule has 3 heterocycles. The summed E-state index contributed by atoms with van der Waals surface area (Å²) in [7, 11) is 0. The molecular formula is C18H29N3O. The van der Waals surface area contributed by atoms with Crippen LogP contribution in [-0.2, 0) is 4.74 Å². The molecule has 0 bridgehead atoms. The highest BCUT2D eigenvalue weighted by atomic mass is 16.5. The van der Waals surface area contributed by atoms with E-state index in [0.29, 0.717) is 5.92 Å². The highest BCUT2D eigenvalue weighted by molar-refractivity contribution is 5.45. The molecule has 0 spiro atoms. The second-order valence-electron chi connectivity index (χ2n) is 6.94. The molecule has 3 rings (SSSR count). The molecule has 0 aromatic carbocycles. The minimum atomic E-state index is 0.508. The van der Waals surface area contributed by atoms with Crippen molar-refractivity contribution >= 4 is 5.69 Å². The first kappa shape index (κ1) is 15.8. The van der Waals surface area contributed by atoms with Gasteiger partial charge in [0.15, 0.2) is 0 Å². The second-order valence-corrected chi connectivity index (χ2v) is 6.94. The van der Waals surface area contributed by atoms with Crippen LogP contribution in [0.25, 0.3) is 0 Å². The number of hydrogen-bond donors (Lipinski definition) is 0. The van der Waals surface area contributed by atoms with E-state index < -0.39 is 0 Å². The zero-order valence-corrected chi connectivity index (χ0v) is 14.0. The maximum absolute atomic E-state index is 5.43. The molecule has 2 aliphatic heterocycles. The van der Waals surface area contributed by atoms with E-state index in [1.165, 1.54) is 30.8 Å². The number of morpholine rings is 1. The van der Waals surface area contributed by atoms with Gasteiger partial charge in [-0.1, -0.05) is 13.8 Å². The van der Waals surface area contributed by atoms with Gasteiger partial charge in [0, 0.05) is 38.4 Å². The average Bonchev–Trinajstić information content (AvgIpc) is 2.57. The van der Waals surface area contributed by atoms with Gasteiger partial charge in [-0.05, 0) is 36.8 Å². The molecule has 1 aromatic heterocycles. The summed E-state index contributed by atoms with van der Waals surface area (Å²) in [5.74, 6) is 1.35. The minimum Gasteiger partial charge on any atom is -0.379 e. The van der Waals surface area contributed by atoms with E-state index in [1.807, 2.05) is 0 Å². The van der Waals surface area contributed by atoms with Crippen LogP contribution in [0.15, 0.2) is 18.3 Å². The van der Waals surface area contributed by atoms with E-state index >= 15 is 0 Å². The SMILES string of the molecule is CC(C)c1ccc(N2CCC(CN3CCOCC3)CC2)cn1. The Kier molecular flexibility index (Phi) is 5.32. The number of hydrogen-bond acceptors (Lipinski definition) is 4. The van der Waals surface area contributed by atoms with Crippen molar-refractivity contribution in [2.24, 2.45) is 5.92 Å². The van der Waals surface area contributed by atoms with Crippen LogP contribution in [0.3, 0.4) is 0 Å². The summed E-state index contributed by atoms with van der Waals surface area (Å²) in [6.07, 6.45) is 4.64. The third-order valence-electron chi connectivity index (χ3n) is 4.96. The van der Waals surface area contributed by atoms with E-state index in [0.717, 1.165) is 45.3 Å². The molecule has 4 nitrogen and oxygen atoms in total. The fourth-order valence-corrected chi connectivity index (χ4v) is 3.45. The largest absolute Gasteiger partial charge is 0.379 e. The van der Waals surface area contributed by atoms with Gasteiger partial charge >= 0.3 is 0 Å². The number of pyridine rings is 1. The van der Waals surface area contributed by atoms with E-state index in [9.17, 15) is 0 Å². The molecule has 0 atom stereocenters. The molecule has 0 N–H and O–H groups in total. The van der Waals surface area contributed by atoms with E-state index in [-0.39, 0.29) is 0 Å². The molecule has 2 fully saturated rings. The summed E-state index contributed by atoms with van der Waals surface area (Å²) in [5.41, 5.74) is 2.47. The Bertz CT molecular complexity index is 446. The molecule has 0 aliphatic carbocycles. The van der Waals surface area contributed by atoms with Gasteiger partial charge in [0.25, 0.3) is 0 Å². The van der Waals surface area contributed by atoms with E-state index in [4.69, 9.17) is 4.74 Å². The van der Waals surface area contributed by atoms with Crippen molar-refractivity contribution in [3.05, 3.63) is 24.0 Å². The molecule has 0 unspecified atom stereocenters. The number of ether oxygens (including phenoxy) is 1. The van der Waals surface area contributed by atoms with Crippen LogP contribution in [-0.4, -0.2) is 55.8 Å². The molecule has 0 saturated carbocycles. The molecule has 122 valence electrons. The Hall–Kier alpha value is -1.13. The van der Waals surface area contributed by atoms with Crippen molar-refractivity contribution in [2.45, 2.75) is 32.6 Å². The van der Waals surface area contributed by atoms with Crippen molar-refractivity contribution in [3.63, 3.8) is 0 Å². The Balaban J connectivity index is 1.48. The zero-order chi connectivity index (χ0) is 15.4. The minimum absolute atomic E-state index is 0.508. The Morgan fingerprint density at radius 2 is 1.86 bits per heavy atom. The molecule has 4 heteroatoms. The fourth-order valence-electron chi connectivity index (χ4n) is 3.45. The molecular weight excluding hydrogens is 274 g/mol. The van der Waals surface area contributed by atoms with Gasteiger partial charge in [-0.3, -0.25) is 9.88 Å². The summed E-state index contributed by atoms with van der Waals surface area (Å²) >= 11 is 0. The van der Waals surface area contributed by atoms with Crippen LogP contribution in [0.5, 0.6) is 0 Å². The molecule has 22 heavy (non-hydrogen) atoms. The summed E-state index contributed by atoms with van der Waals surface area (Å²) in [6.45, 7) is 12.0. The van der Waals surface area contributed by atoms with Crippen molar-refractivity contribution in [2.75, 3.05) is 50.8 Å². The van der Waals surface area contributed by atoms with Crippen LogP contribution in [0.1, 0.15) is 38.3 Å². The highest BCUT2D eigenvalue weighted by Gasteiger charge is 2.22. The number of rotatable bonds is 4. The lowest BCUT2D eigenvalue weighted by atomic mass is 9.95. The molecule has 0 amide bonds. The first-order valence-corrected chi connectivity index (χ1v) is 8.73. The van der Waals surface area contributed by atoms with Crippen molar-refractivity contribution < 1.29 is 4.74 Å². The van der Waals surface area contributed by atoms with Gasteiger partial charge in [-0.25, -0.2) is 0 Å². The normalized spacial score (nSPS) is 21.5. The molecule has 2 saturated heterocycles. The molecule has 1 aromatic rings. The summed E-state index contributed by atoms with van der Waals surface area (Å²) in [6, 6.07) is 4.42. The average molecular weight is 303 g/mol. The third kappa shape index (κ3) is 3.99. The molecule has 0 radical (unpaired) electrons. The monoisotopic (exact) mass is 303 g/mol. The quantitative estimate of drug-likeness (QED) is 0.855. The summed E-state index contributed by atoms with van der Waals surface area (Å²) in [4.78, 5) is 9.67. The van der Waals surface area contributed by atoms with Crippen LogP contribution in [0.2, 0.25) is 0 Å². The van der Waals surface area contributed by atoms with Crippen LogP contribution >= 0.6 is 0 Å². The van der Waals surface area contributed by atoms with Crippen molar-refractivity contribution in [1.29, 1.82) is 0 Å². The maximum Gasteiger partial charge on any atom is 0.0594 e. The number of nitrogens with zero attached hydrogens (tertiary/aromatic N) is 3. The fraction of sp³-hybridized carbons (Fsp3) is 0.722. The maximum atomic E-state index is 5.43. The Morgan fingerprint density at radius 1 is 1.14 bits per heavy atom. The van der Waals surface area contributed by atoms with Gasteiger partial charge < -0.3 is 9.64 Å². The van der Waals surface area contributed by atoms with Gasteiger partial charge in [0.05, 0.1) is 25.1 Å². The lowest BCUT2D eigenvalue weighted by Gasteiger charge is -2.37. The first-order chi connectivity index (χ1) is 10.7. The van der Waals surface area contributed by atoms with Crippen LogP contribution in [0.4, 0.5) is 5.69 Å². The van der Waals surface area contributed by atoms with Gasteiger partial charge in [0.1, 0.15) is 0 Å². The topological polar surface area (TPSA) is 28.6 Å². The second kappa shape index (κ2) is 7.42. The lowest BCUT2D eigenvalue weighted by molar-refractivity contribution is 0.0289. The third-order valence-corrected chi connectivity index (χ3v) is 4.96. The van der Waals surface area contributed by atoms with E-state index in [1.54, 1.807) is 0 Å². The molecule has 2 aliphatic rings. The summed E-state index contributed by atoms with van der Waals surface area (Å²) < 4.78 is 5.43. The Morgan fingerprint density at radius 3 is 2.45 bits per heavy atom. The van der Waals surface area contributed by atoms with E-state index in [2.05, 4.69) is 47.0 Å². The lowest BCUT2D eigenvalue weighted by Crippen LogP contribution is -2.42. The number of aromatic nitrogens is 1. The smallest absolute Gasteiger partial charge is 0.0594 e. The van der Waals surface area contributed by atoms with Crippen molar-refractivity contribution in [3.8, 4) is 0 Å². The zero-order valence-electron chi connectivity index (χ0n) is 14.0. The first-order valence-electron chi connectivity index (χ1n) is 8.73. The van der Waals surface area contributed by atoms with Crippen molar-refractivity contribution in [1.82, 2.24) is 9.88 Å². The Labute approximate surface area is 134 Å². The van der Waals surface area contributed by atoms with Crippen LogP contribution < -0.4 is 4.90 Å². The van der Waals surface area contributed by atoms with Gasteiger partial charge in [-0.15, -0.1) is 0 Å². The predicted molar refractivity (Wildman–Crippen MR) is 90.5 cm³/mol.